The van der Waals surface area contributed by atoms with Crippen LogP contribution in [0.4, 0.5) is 0 Å². The van der Waals surface area contributed by atoms with Crippen LogP contribution >= 0.6 is 0 Å². The summed E-state index contributed by atoms with van der Waals surface area (Å²) in [6.07, 6.45) is 0.241. The van der Waals surface area contributed by atoms with Gasteiger partial charge < -0.3 is 14.2 Å². The van der Waals surface area contributed by atoms with Gasteiger partial charge in [0.2, 0.25) is 0 Å². The molecule has 0 spiro atoms. The number of benzene rings is 5. The summed E-state index contributed by atoms with van der Waals surface area (Å²) in [6.45, 7) is 9.44. The molecule has 0 saturated heterocycles. The van der Waals surface area contributed by atoms with Gasteiger partial charge in [-0.1, -0.05) is 96.2 Å². The lowest BCUT2D eigenvalue weighted by Crippen LogP contribution is -2.47. The monoisotopic (exact) mass is 666 g/mol. The standard InChI is InChI=1S/C42H40N3O5/c1-29(2)49-34-24-25-35(39(46)50-41(3,4)5)36(26-34)32-22-20-31(21-23-32)28-48-40(47)42(33-16-10-7-11-17-33,27-30-14-8-6-9-15-30)45-38-19-13-12-18-37(38)43-44-45/h7-26,29H,27-28H2,1-5H3. The highest BCUT2D eigenvalue weighted by atomic mass is 16.6. The van der Waals surface area contributed by atoms with Gasteiger partial charge >= 0.3 is 11.9 Å². The second-order valence-electron chi connectivity index (χ2n) is 13.5. The minimum absolute atomic E-state index is 0.0122. The lowest BCUT2D eigenvalue weighted by molar-refractivity contribution is -0.154. The molecule has 1 atom stereocenters. The summed E-state index contributed by atoms with van der Waals surface area (Å²) in [7, 11) is 0. The molecule has 0 saturated carbocycles. The Morgan fingerprint density at radius 1 is 0.820 bits per heavy atom. The lowest BCUT2D eigenvalue weighted by atomic mass is 9.83. The van der Waals surface area contributed by atoms with Gasteiger partial charge in [0, 0.05) is 6.42 Å². The largest absolute Gasteiger partial charge is 0.491 e. The van der Waals surface area contributed by atoms with E-state index in [2.05, 4.69) is 16.4 Å². The van der Waals surface area contributed by atoms with Crippen LogP contribution in [0.1, 0.15) is 61.7 Å². The van der Waals surface area contributed by atoms with E-state index < -0.39 is 23.1 Å². The average molecular weight is 667 g/mol. The van der Waals surface area contributed by atoms with Crippen molar-refractivity contribution in [2.45, 2.75) is 64.9 Å². The van der Waals surface area contributed by atoms with Crippen LogP contribution in [-0.2, 0) is 32.8 Å². The highest BCUT2D eigenvalue weighted by Crippen LogP contribution is 2.35. The molecule has 0 fully saturated rings. The molecule has 0 amide bonds. The van der Waals surface area contributed by atoms with Gasteiger partial charge in [-0.2, -0.15) is 0 Å². The van der Waals surface area contributed by atoms with Gasteiger partial charge in [0.05, 0.1) is 17.2 Å². The fourth-order valence-electron chi connectivity index (χ4n) is 5.94. The van der Waals surface area contributed by atoms with Crippen LogP contribution in [0.2, 0.25) is 0 Å². The predicted octanol–water partition coefficient (Wildman–Crippen LogP) is 8.37. The SMILES string of the molecule is CC(C)Oc1ccc(C(=O)OC(C)(C)C)c(-c2ccc(COC(=O)C(Cc3cc[c]cc3)(c3ccccc3)n3nnc4ccccc43)cc2)c1. The van der Waals surface area contributed by atoms with Crippen molar-refractivity contribution in [2.24, 2.45) is 0 Å². The number of aromatic nitrogens is 3. The summed E-state index contributed by atoms with van der Waals surface area (Å²) in [5.41, 5.74) is 3.69. The fourth-order valence-corrected chi connectivity index (χ4v) is 5.94. The molecule has 1 radical (unpaired) electrons. The molecular formula is C42H40N3O5. The summed E-state index contributed by atoms with van der Waals surface area (Å²) < 4.78 is 19.5. The van der Waals surface area contributed by atoms with Crippen LogP contribution in [0.15, 0.2) is 121 Å². The zero-order chi connectivity index (χ0) is 35.3. The van der Waals surface area contributed by atoms with Crippen LogP contribution in [0.3, 0.4) is 0 Å². The summed E-state index contributed by atoms with van der Waals surface area (Å²) in [5, 5.41) is 8.95. The molecule has 6 aromatic rings. The highest BCUT2D eigenvalue weighted by Gasteiger charge is 2.46. The Hall–Kier alpha value is -5.76. The fraction of sp³-hybridized carbons (Fsp3) is 0.238. The summed E-state index contributed by atoms with van der Waals surface area (Å²) in [6, 6.07) is 40.7. The molecular weight excluding hydrogens is 626 g/mol. The van der Waals surface area contributed by atoms with Gasteiger partial charge in [-0.25, -0.2) is 14.3 Å². The first-order valence-corrected chi connectivity index (χ1v) is 16.7. The van der Waals surface area contributed by atoms with E-state index >= 15 is 0 Å². The Labute approximate surface area is 292 Å². The van der Waals surface area contributed by atoms with Gasteiger partial charge in [0.1, 0.15) is 23.5 Å². The molecule has 8 heteroatoms. The van der Waals surface area contributed by atoms with Crippen LogP contribution in [0.25, 0.3) is 22.2 Å². The third-order valence-electron chi connectivity index (χ3n) is 8.17. The number of para-hydroxylation sites is 1. The summed E-state index contributed by atoms with van der Waals surface area (Å²) in [4.78, 5) is 27.9. The zero-order valence-corrected chi connectivity index (χ0v) is 28.9. The minimum Gasteiger partial charge on any atom is -0.491 e. The third kappa shape index (κ3) is 7.44. The van der Waals surface area contributed by atoms with Gasteiger partial charge in [-0.05, 0) is 98.8 Å². The second-order valence-corrected chi connectivity index (χ2v) is 13.5. The van der Waals surface area contributed by atoms with E-state index in [9.17, 15) is 9.59 Å². The van der Waals surface area contributed by atoms with Crippen LogP contribution in [-0.4, -0.2) is 38.6 Å². The van der Waals surface area contributed by atoms with Crippen molar-refractivity contribution in [3.05, 3.63) is 150 Å². The molecule has 253 valence electrons. The molecule has 5 aromatic carbocycles. The Balaban J connectivity index is 1.34. The van der Waals surface area contributed by atoms with Gasteiger partial charge in [0.25, 0.3) is 0 Å². The van der Waals surface area contributed by atoms with E-state index in [4.69, 9.17) is 14.2 Å². The maximum Gasteiger partial charge on any atom is 0.339 e. The second kappa shape index (κ2) is 14.4. The van der Waals surface area contributed by atoms with Crippen molar-refractivity contribution < 1.29 is 23.8 Å². The first-order chi connectivity index (χ1) is 24.0. The van der Waals surface area contributed by atoms with Crippen LogP contribution in [0, 0.1) is 6.07 Å². The first kappa shape index (κ1) is 34.1. The molecule has 0 N–H and O–H groups in total. The van der Waals surface area contributed by atoms with Crippen molar-refractivity contribution in [3.63, 3.8) is 0 Å². The predicted molar refractivity (Wildman–Crippen MR) is 193 cm³/mol. The number of carbonyl (C=O) groups is 2. The number of hydrogen-bond donors (Lipinski definition) is 0. The molecule has 1 heterocycles. The van der Waals surface area contributed by atoms with E-state index in [1.54, 1.807) is 16.8 Å². The van der Waals surface area contributed by atoms with Crippen molar-refractivity contribution >= 4 is 23.0 Å². The molecule has 0 aliphatic heterocycles. The van der Waals surface area contributed by atoms with Crippen molar-refractivity contribution in [2.75, 3.05) is 0 Å². The molecule has 1 aromatic heterocycles. The maximum absolute atomic E-state index is 14.6. The Morgan fingerprint density at radius 2 is 1.52 bits per heavy atom. The first-order valence-electron chi connectivity index (χ1n) is 16.7. The van der Waals surface area contributed by atoms with Crippen molar-refractivity contribution in [3.8, 4) is 16.9 Å². The molecule has 8 nitrogen and oxygen atoms in total. The quantitative estimate of drug-likeness (QED) is 0.128. The third-order valence-corrected chi connectivity index (χ3v) is 8.17. The number of esters is 2. The molecule has 0 aliphatic rings. The van der Waals surface area contributed by atoms with Gasteiger partial charge in [-0.3, -0.25) is 0 Å². The normalized spacial score (nSPS) is 12.8. The van der Waals surface area contributed by atoms with Crippen molar-refractivity contribution in [1.82, 2.24) is 15.0 Å². The van der Waals surface area contributed by atoms with Crippen LogP contribution < -0.4 is 4.74 Å². The number of hydrogen-bond acceptors (Lipinski definition) is 7. The molecule has 6 rings (SSSR count). The number of nitrogens with zero attached hydrogens (tertiary/aromatic N) is 3. The Bertz CT molecular complexity index is 2080. The number of carbonyl (C=O) groups excluding carboxylic acids is 2. The minimum atomic E-state index is -1.36. The summed E-state index contributed by atoms with van der Waals surface area (Å²) >= 11 is 0. The average Bonchev–Trinajstić information content (AvgIpc) is 3.54. The van der Waals surface area contributed by atoms with E-state index in [1.165, 1.54) is 0 Å². The lowest BCUT2D eigenvalue weighted by Gasteiger charge is -2.33. The van der Waals surface area contributed by atoms with Crippen molar-refractivity contribution in [1.29, 1.82) is 0 Å². The highest BCUT2D eigenvalue weighted by molar-refractivity contribution is 5.98. The number of ether oxygens (including phenoxy) is 3. The van der Waals surface area contributed by atoms with Gasteiger partial charge in [0.15, 0.2) is 5.54 Å². The molecule has 0 bridgehead atoms. The number of rotatable bonds is 11. The molecule has 50 heavy (non-hydrogen) atoms. The van der Waals surface area contributed by atoms with Crippen LogP contribution in [0.5, 0.6) is 5.75 Å². The smallest absolute Gasteiger partial charge is 0.339 e. The van der Waals surface area contributed by atoms with E-state index in [0.29, 0.717) is 27.9 Å². The number of fused-ring (bicyclic) bond motifs is 1. The topological polar surface area (TPSA) is 92.5 Å². The molecule has 1 unspecified atom stereocenters. The van der Waals surface area contributed by atoms with E-state index in [1.807, 2.05) is 144 Å². The Kier molecular flexibility index (Phi) is 9.81. The maximum atomic E-state index is 14.6. The Morgan fingerprint density at radius 3 is 2.22 bits per heavy atom. The summed E-state index contributed by atoms with van der Waals surface area (Å²) in [5.74, 6) is -0.243. The zero-order valence-electron chi connectivity index (χ0n) is 28.9. The molecule has 0 aliphatic carbocycles. The van der Waals surface area contributed by atoms with E-state index in [-0.39, 0.29) is 19.1 Å². The van der Waals surface area contributed by atoms with E-state index in [0.717, 1.165) is 22.3 Å². The van der Waals surface area contributed by atoms with Gasteiger partial charge in [-0.15, -0.1) is 5.10 Å².